The summed E-state index contributed by atoms with van der Waals surface area (Å²) in [6.07, 6.45) is 6.51. The molecule has 0 amide bonds. The largest absolute Gasteiger partial charge is 0.399 e. The Morgan fingerprint density at radius 1 is 1.35 bits per heavy atom. The van der Waals surface area contributed by atoms with Crippen LogP contribution in [0.4, 0.5) is 4.39 Å². The van der Waals surface area contributed by atoms with E-state index >= 15 is 0 Å². The Labute approximate surface area is 101 Å². The minimum absolute atomic E-state index is 0.151. The number of rotatable bonds is 1. The summed E-state index contributed by atoms with van der Waals surface area (Å²) in [6.45, 7) is 3.76. The van der Waals surface area contributed by atoms with Gasteiger partial charge in [0, 0.05) is 5.70 Å². The minimum Gasteiger partial charge on any atom is -0.399 e. The van der Waals surface area contributed by atoms with E-state index < -0.39 is 0 Å². The molecule has 88 valence electrons. The first-order chi connectivity index (χ1) is 8.11. The first kappa shape index (κ1) is 10.6. The predicted molar refractivity (Wildman–Crippen MR) is 67.7 cm³/mol. The van der Waals surface area contributed by atoms with Crippen molar-refractivity contribution in [1.29, 1.82) is 0 Å². The molecular formula is C15H16FN. The molecule has 1 spiro atoms. The number of hydrogen-bond acceptors (Lipinski definition) is 1. The van der Waals surface area contributed by atoms with Crippen molar-refractivity contribution in [2.75, 3.05) is 0 Å². The summed E-state index contributed by atoms with van der Waals surface area (Å²) in [5, 5.41) is 0. The summed E-state index contributed by atoms with van der Waals surface area (Å²) in [7, 11) is 0. The van der Waals surface area contributed by atoms with Crippen molar-refractivity contribution in [2.24, 2.45) is 11.1 Å². The first-order valence-corrected chi connectivity index (χ1v) is 6.06. The van der Waals surface area contributed by atoms with E-state index in [2.05, 4.69) is 6.58 Å². The van der Waals surface area contributed by atoms with Crippen LogP contribution in [0.5, 0.6) is 0 Å². The van der Waals surface area contributed by atoms with Gasteiger partial charge >= 0.3 is 0 Å². The normalized spacial score (nSPS) is 22.5. The van der Waals surface area contributed by atoms with Gasteiger partial charge in [0.25, 0.3) is 0 Å². The van der Waals surface area contributed by atoms with Crippen LogP contribution in [0.2, 0.25) is 0 Å². The number of benzene rings is 1. The molecule has 0 heterocycles. The maximum absolute atomic E-state index is 13.2. The molecule has 0 bridgehead atoms. The third kappa shape index (κ3) is 1.68. The Bertz CT molecular complexity index is 524. The Morgan fingerprint density at radius 3 is 2.76 bits per heavy atom. The second-order valence-electron chi connectivity index (χ2n) is 5.21. The Hall–Kier alpha value is -1.57. The van der Waals surface area contributed by atoms with E-state index in [1.165, 1.54) is 30.0 Å². The van der Waals surface area contributed by atoms with Crippen LogP contribution in [0.3, 0.4) is 0 Å². The molecule has 2 N–H and O–H groups in total. The minimum atomic E-state index is -0.151. The first-order valence-electron chi connectivity index (χ1n) is 6.06. The molecular weight excluding hydrogens is 213 g/mol. The molecule has 0 atom stereocenters. The average Bonchev–Trinajstić information content (AvgIpc) is 3.03. The summed E-state index contributed by atoms with van der Waals surface area (Å²) in [5.74, 6) is -0.151. The highest BCUT2D eigenvalue weighted by molar-refractivity contribution is 5.78. The van der Waals surface area contributed by atoms with E-state index in [0.717, 1.165) is 18.4 Å². The summed E-state index contributed by atoms with van der Waals surface area (Å²) in [4.78, 5) is 0. The van der Waals surface area contributed by atoms with Crippen molar-refractivity contribution in [3.8, 4) is 0 Å². The molecule has 2 aliphatic carbocycles. The van der Waals surface area contributed by atoms with E-state index in [4.69, 9.17) is 5.73 Å². The summed E-state index contributed by atoms with van der Waals surface area (Å²) in [6, 6.07) is 5.07. The van der Waals surface area contributed by atoms with Crippen molar-refractivity contribution in [3.63, 3.8) is 0 Å². The van der Waals surface area contributed by atoms with Gasteiger partial charge in [-0.25, -0.2) is 4.39 Å². The summed E-state index contributed by atoms with van der Waals surface area (Å²) >= 11 is 0. The Morgan fingerprint density at radius 2 is 2.12 bits per heavy atom. The molecule has 0 unspecified atom stereocenters. The predicted octanol–water partition coefficient (Wildman–Crippen LogP) is 3.41. The van der Waals surface area contributed by atoms with Crippen molar-refractivity contribution in [2.45, 2.75) is 25.7 Å². The molecule has 0 radical (unpaired) electrons. The number of fused-ring (bicyclic) bond motifs is 1. The zero-order chi connectivity index (χ0) is 12.0. The standard InChI is InChI=1S/C15H16FN/c1-10(17)8-14-13-3-2-12(16)9-11(13)4-5-15(14)6-7-15/h2-3,8-9H,1,4-7,17H2/b14-8+. The molecule has 2 heteroatoms. The van der Waals surface area contributed by atoms with Gasteiger partial charge in [-0.1, -0.05) is 12.6 Å². The molecule has 3 rings (SSSR count). The van der Waals surface area contributed by atoms with Crippen LogP contribution in [0.15, 0.2) is 36.6 Å². The van der Waals surface area contributed by atoms with Gasteiger partial charge in [-0.3, -0.25) is 0 Å². The highest BCUT2D eigenvalue weighted by Crippen LogP contribution is 2.61. The van der Waals surface area contributed by atoms with E-state index in [-0.39, 0.29) is 5.82 Å². The van der Waals surface area contributed by atoms with Gasteiger partial charge in [0.15, 0.2) is 0 Å². The van der Waals surface area contributed by atoms with Crippen molar-refractivity contribution in [3.05, 3.63) is 53.5 Å². The highest BCUT2D eigenvalue weighted by Gasteiger charge is 2.48. The highest BCUT2D eigenvalue weighted by atomic mass is 19.1. The molecule has 1 saturated carbocycles. The Balaban J connectivity index is 2.14. The number of aryl methyl sites for hydroxylation is 1. The fraction of sp³-hybridized carbons (Fsp3) is 0.333. The van der Waals surface area contributed by atoms with Crippen molar-refractivity contribution >= 4 is 5.57 Å². The van der Waals surface area contributed by atoms with Gasteiger partial charge in [-0.05, 0) is 66.0 Å². The fourth-order valence-electron chi connectivity index (χ4n) is 2.91. The van der Waals surface area contributed by atoms with Gasteiger partial charge < -0.3 is 5.73 Å². The van der Waals surface area contributed by atoms with Gasteiger partial charge in [-0.15, -0.1) is 0 Å². The molecule has 2 aliphatic rings. The van der Waals surface area contributed by atoms with Crippen LogP contribution in [0, 0.1) is 11.2 Å². The van der Waals surface area contributed by atoms with Gasteiger partial charge in [-0.2, -0.15) is 0 Å². The number of halogens is 1. The third-order valence-corrected chi connectivity index (χ3v) is 3.98. The van der Waals surface area contributed by atoms with Crippen LogP contribution < -0.4 is 5.73 Å². The van der Waals surface area contributed by atoms with E-state index in [9.17, 15) is 4.39 Å². The molecule has 0 aliphatic heterocycles. The van der Waals surface area contributed by atoms with Gasteiger partial charge in [0.05, 0.1) is 0 Å². The zero-order valence-electron chi connectivity index (χ0n) is 9.80. The van der Waals surface area contributed by atoms with Crippen LogP contribution in [-0.2, 0) is 6.42 Å². The lowest BCUT2D eigenvalue weighted by molar-refractivity contribution is 0.573. The maximum atomic E-state index is 13.2. The monoisotopic (exact) mass is 229 g/mol. The van der Waals surface area contributed by atoms with Crippen LogP contribution >= 0.6 is 0 Å². The number of allylic oxidation sites excluding steroid dienone is 2. The molecule has 1 aromatic rings. The maximum Gasteiger partial charge on any atom is 0.123 e. The van der Waals surface area contributed by atoms with Crippen molar-refractivity contribution in [1.82, 2.24) is 0 Å². The topological polar surface area (TPSA) is 26.0 Å². The van der Waals surface area contributed by atoms with Crippen LogP contribution in [0.25, 0.3) is 5.57 Å². The summed E-state index contributed by atoms with van der Waals surface area (Å²) in [5.41, 5.74) is 10.2. The van der Waals surface area contributed by atoms with E-state index in [1.54, 1.807) is 6.07 Å². The average molecular weight is 229 g/mol. The molecule has 0 aromatic heterocycles. The fourth-order valence-corrected chi connectivity index (χ4v) is 2.91. The number of hydrogen-bond donors (Lipinski definition) is 1. The third-order valence-electron chi connectivity index (χ3n) is 3.98. The zero-order valence-corrected chi connectivity index (χ0v) is 9.80. The molecule has 1 aromatic carbocycles. The van der Waals surface area contributed by atoms with Crippen molar-refractivity contribution < 1.29 is 4.39 Å². The molecule has 0 saturated heterocycles. The quantitative estimate of drug-likeness (QED) is 0.784. The summed E-state index contributed by atoms with van der Waals surface area (Å²) < 4.78 is 13.2. The molecule has 17 heavy (non-hydrogen) atoms. The van der Waals surface area contributed by atoms with E-state index in [1.807, 2.05) is 12.1 Å². The lowest BCUT2D eigenvalue weighted by atomic mass is 9.76. The van der Waals surface area contributed by atoms with Gasteiger partial charge in [0.1, 0.15) is 5.82 Å². The molecule has 1 fully saturated rings. The smallest absolute Gasteiger partial charge is 0.123 e. The van der Waals surface area contributed by atoms with Gasteiger partial charge in [0.2, 0.25) is 0 Å². The van der Waals surface area contributed by atoms with Crippen LogP contribution in [0.1, 0.15) is 30.4 Å². The lowest BCUT2D eigenvalue weighted by Gasteiger charge is -2.28. The molecule has 1 nitrogen and oxygen atoms in total. The lowest BCUT2D eigenvalue weighted by Crippen LogP contribution is -2.15. The second-order valence-corrected chi connectivity index (χ2v) is 5.21. The Kier molecular flexibility index (Phi) is 2.15. The van der Waals surface area contributed by atoms with Crippen LogP contribution in [-0.4, -0.2) is 0 Å². The van der Waals surface area contributed by atoms with E-state index in [0.29, 0.717) is 11.1 Å². The SMILES string of the molecule is C=C(N)/C=C1\c2ccc(F)cc2CCC12CC2. The second kappa shape index (κ2) is 3.46. The number of nitrogens with two attached hydrogens (primary N) is 1.